The smallest absolute Gasteiger partial charge is 0.322 e. The average molecular weight is 166 g/mol. The van der Waals surface area contributed by atoms with E-state index in [9.17, 15) is 4.79 Å². The van der Waals surface area contributed by atoms with Gasteiger partial charge in [0, 0.05) is 6.54 Å². The van der Waals surface area contributed by atoms with E-state index in [-0.39, 0.29) is 0 Å². The molecule has 0 spiro atoms. The molecule has 1 rings (SSSR count). The summed E-state index contributed by atoms with van der Waals surface area (Å²) in [6.45, 7) is 0.664. The van der Waals surface area contributed by atoms with Crippen molar-refractivity contribution in [3.05, 3.63) is 0 Å². The second kappa shape index (κ2) is 4.76. The average Bonchev–Trinajstić information content (AvgIpc) is 2.57. The van der Waals surface area contributed by atoms with Crippen LogP contribution in [0.25, 0.3) is 0 Å². The Hall–Kier alpha value is -1.04. The van der Waals surface area contributed by atoms with Gasteiger partial charge in [0.2, 0.25) is 0 Å². The fourth-order valence-electron chi connectivity index (χ4n) is 1.73. The molecular weight excluding hydrogens is 152 g/mol. The molecule has 66 valence electrons. The van der Waals surface area contributed by atoms with Gasteiger partial charge in [-0.15, -0.1) is 0 Å². The van der Waals surface area contributed by atoms with E-state index in [1.807, 2.05) is 0 Å². The minimum Gasteiger partial charge on any atom is -0.344 e. The summed E-state index contributed by atoms with van der Waals surface area (Å²) in [5.41, 5.74) is 0. The predicted molar refractivity (Wildman–Crippen MR) is 45.2 cm³/mol. The number of nitriles is 1. The van der Waals surface area contributed by atoms with Gasteiger partial charge in [0.05, 0.1) is 0 Å². The first-order valence-electron chi connectivity index (χ1n) is 4.51. The van der Waals surface area contributed by atoms with Crippen molar-refractivity contribution in [3.8, 4) is 6.07 Å². The SMILES string of the molecule is N#CC(=O)NCCC1CCCC1. The highest BCUT2D eigenvalue weighted by atomic mass is 16.1. The van der Waals surface area contributed by atoms with Crippen LogP contribution in [0.3, 0.4) is 0 Å². The van der Waals surface area contributed by atoms with Crippen molar-refractivity contribution in [2.75, 3.05) is 6.54 Å². The van der Waals surface area contributed by atoms with Crippen molar-refractivity contribution >= 4 is 5.91 Å². The van der Waals surface area contributed by atoms with Crippen molar-refractivity contribution in [1.29, 1.82) is 5.26 Å². The molecule has 0 aromatic carbocycles. The molecule has 0 unspecified atom stereocenters. The third-order valence-electron chi connectivity index (χ3n) is 2.41. The first-order chi connectivity index (χ1) is 5.83. The molecule has 1 aliphatic rings. The third-order valence-corrected chi connectivity index (χ3v) is 2.41. The van der Waals surface area contributed by atoms with E-state index in [4.69, 9.17) is 5.26 Å². The molecule has 0 aromatic rings. The molecule has 1 saturated carbocycles. The van der Waals surface area contributed by atoms with Crippen molar-refractivity contribution in [3.63, 3.8) is 0 Å². The molecule has 0 saturated heterocycles. The molecule has 1 N–H and O–H groups in total. The van der Waals surface area contributed by atoms with Crippen LogP contribution in [0, 0.1) is 17.2 Å². The lowest BCUT2D eigenvalue weighted by Gasteiger charge is -2.07. The number of carbonyl (C=O) groups excluding carboxylic acids is 1. The largest absolute Gasteiger partial charge is 0.344 e. The van der Waals surface area contributed by atoms with Gasteiger partial charge in [-0.05, 0) is 12.3 Å². The van der Waals surface area contributed by atoms with Crippen LogP contribution in [0.4, 0.5) is 0 Å². The van der Waals surface area contributed by atoms with Crippen LogP contribution in [0.2, 0.25) is 0 Å². The van der Waals surface area contributed by atoms with Crippen molar-refractivity contribution in [1.82, 2.24) is 5.32 Å². The Labute approximate surface area is 72.8 Å². The van der Waals surface area contributed by atoms with Gasteiger partial charge in [-0.3, -0.25) is 4.79 Å². The first-order valence-corrected chi connectivity index (χ1v) is 4.51. The van der Waals surface area contributed by atoms with E-state index >= 15 is 0 Å². The number of nitrogens with zero attached hydrogens (tertiary/aromatic N) is 1. The van der Waals surface area contributed by atoms with Gasteiger partial charge in [0.15, 0.2) is 6.07 Å². The number of rotatable bonds is 3. The molecular formula is C9H14N2O. The lowest BCUT2D eigenvalue weighted by Crippen LogP contribution is -2.23. The molecule has 0 aliphatic heterocycles. The summed E-state index contributed by atoms with van der Waals surface area (Å²) in [4.78, 5) is 10.5. The highest BCUT2D eigenvalue weighted by Gasteiger charge is 2.14. The summed E-state index contributed by atoms with van der Waals surface area (Å²) < 4.78 is 0. The van der Waals surface area contributed by atoms with Gasteiger partial charge in [-0.2, -0.15) is 5.26 Å². The van der Waals surface area contributed by atoms with E-state index in [0.717, 1.165) is 12.3 Å². The van der Waals surface area contributed by atoms with Gasteiger partial charge in [0.1, 0.15) is 0 Å². The molecule has 0 bridgehead atoms. The van der Waals surface area contributed by atoms with Crippen LogP contribution >= 0.6 is 0 Å². The Bertz CT molecular complexity index is 189. The zero-order valence-corrected chi connectivity index (χ0v) is 7.18. The minimum absolute atomic E-state index is 0.506. The molecule has 1 amide bonds. The summed E-state index contributed by atoms with van der Waals surface area (Å²) in [6, 6.07) is 1.54. The zero-order valence-electron chi connectivity index (χ0n) is 7.18. The molecule has 0 aromatic heterocycles. The van der Waals surface area contributed by atoms with Crippen LogP contribution in [0.1, 0.15) is 32.1 Å². The second-order valence-electron chi connectivity index (χ2n) is 3.31. The Kier molecular flexibility index (Phi) is 3.59. The van der Waals surface area contributed by atoms with Crippen LogP contribution in [0.15, 0.2) is 0 Å². The molecule has 0 atom stereocenters. The summed E-state index contributed by atoms with van der Waals surface area (Å²) in [5, 5.41) is 10.7. The molecule has 3 nitrogen and oxygen atoms in total. The highest BCUT2D eigenvalue weighted by Crippen LogP contribution is 2.26. The van der Waals surface area contributed by atoms with E-state index in [0.29, 0.717) is 6.54 Å². The number of nitrogens with one attached hydrogen (secondary N) is 1. The Morgan fingerprint density at radius 3 is 2.75 bits per heavy atom. The Morgan fingerprint density at radius 2 is 2.17 bits per heavy atom. The van der Waals surface area contributed by atoms with Gasteiger partial charge >= 0.3 is 5.91 Å². The van der Waals surface area contributed by atoms with Crippen LogP contribution < -0.4 is 5.32 Å². The molecule has 1 fully saturated rings. The minimum atomic E-state index is -0.506. The maximum Gasteiger partial charge on any atom is 0.322 e. The molecule has 3 heteroatoms. The lowest BCUT2D eigenvalue weighted by molar-refractivity contribution is -0.115. The summed E-state index contributed by atoms with van der Waals surface area (Å²) in [6.07, 6.45) is 6.28. The molecule has 0 heterocycles. The molecule has 1 aliphatic carbocycles. The van der Waals surface area contributed by atoms with E-state index < -0.39 is 5.91 Å². The van der Waals surface area contributed by atoms with Crippen LogP contribution in [0.5, 0.6) is 0 Å². The van der Waals surface area contributed by atoms with Gasteiger partial charge in [0.25, 0.3) is 0 Å². The van der Waals surface area contributed by atoms with Crippen LogP contribution in [-0.2, 0) is 4.79 Å². The number of hydrogen-bond acceptors (Lipinski definition) is 2. The Balaban J connectivity index is 2.02. The second-order valence-corrected chi connectivity index (χ2v) is 3.31. The Morgan fingerprint density at radius 1 is 1.50 bits per heavy atom. The zero-order chi connectivity index (χ0) is 8.81. The summed E-state index contributed by atoms with van der Waals surface area (Å²) in [5.74, 6) is 0.275. The standard InChI is InChI=1S/C9H14N2O/c10-7-9(12)11-6-5-8-3-1-2-4-8/h8H,1-6H2,(H,11,12). The maximum atomic E-state index is 10.5. The number of carbonyl (C=O) groups is 1. The normalized spacial score (nSPS) is 17.2. The van der Waals surface area contributed by atoms with E-state index in [1.165, 1.54) is 25.7 Å². The highest BCUT2D eigenvalue weighted by molar-refractivity contribution is 5.91. The monoisotopic (exact) mass is 166 g/mol. The van der Waals surface area contributed by atoms with Crippen LogP contribution in [-0.4, -0.2) is 12.5 Å². The lowest BCUT2D eigenvalue weighted by atomic mass is 10.0. The quantitative estimate of drug-likeness (QED) is 0.640. The topological polar surface area (TPSA) is 52.9 Å². The van der Waals surface area contributed by atoms with Gasteiger partial charge < -0.3 is 5.32 Å². The fraction of sp³-hybridized carbons (Fsp3) is 0.778. The van der Waals surface area contributed by atoms with Crippen molar-refractivity contribution in [2.24, 2.45) is 5.92 Å². The first kappa shape index (κ1) is 9.05. The van der Waals surface area contributed by atoms with Gasteiger partial charge in [-0.25, -0.2) is 0 Å². The molecule has 12 heavy (non-hydrogen) atoms. The van der Waals surface area contributed by atoms with Crippen molar-refractivity contribution in [2.45, 2.75) is 32.1 Å². The molecule has 0 radical (unpaired) electrons. The van der Waals surface area contributed by atoms with E-state index in [1.54, 1.807) is 6.07 Å². The number of amides is 1. The number of hydrogen-bond donors (Lipinski definition) is 1. The maximum absolute atomic E-state index is 10.5. The summed E-state index contributed by atoms with van der Waals surface area (Å²) >= 11 is 0. The van der Waals surface area contributed by atoms with Gasteiger partial charge in [-0.1, -0.05) is 25.7 Å². The predicted octanol–water partition coefficient (Wildman–Crippen LogP) is 1.21. The third kappa shape index (κ3) is 2.91. The van der Waals surface area contributed by atoms with E-state index in [2.05, 4.69) is 5.32 Å². The summed E-state index contributed by atoms with van der Waals surface area (Å²) in [7, 11) is 0. The fourth-order valence-corrected chi connectivity index (χ4v) is 1.73. The van der Waals surface area contributed by atoms with Crippen molar-refractivity contribution < 1.29 is 4.79 Å².